The molecule has 1 fully saturated rings. The number of carbonyl (C=O) groups excluding carboxylic acids is 1. The molecule has 1 aromatic heterocycles. The van der Waals surface area contributed by atoms with Crippen LogP contribution in [0.15, 0.2) is 48.5 Å². The summed E-state index contributed by atoms with van der Waals surface area (Å²) in [7, 11) is 1.68. The first-order chi connectivity index (χ1) is 13.2. The third-order valence-electron chi connectivity index (χ3n) is 5.06. The lowest BCUT2D eigenvalue weighted by Crippen LogP contribution is -2.26. The van der Waals surface area contributed by atoms with E-state index in [2.05, 4.69) is 34.1 Å². The van der Waals surface area contributed by atoms with Crippen molar-refractivity contribution >= 4 is 16.9 Å². The highest BCUT2D eigenvalue weighted by atomic mass is 16.5. The number of benzene rings is 2. The highest BCUT2D eigenvalue weighted by Crippen LogP contribution is 2.28. The van der Waals surface area contributed by atoms with Crippen LogP contribution in [0, 0.1) is 5.92 Å². The van der Waals surface area contributed by atoms with Gasteiger partial charge in [-0.05, 0) is 49.1 Å². The predicted molar refractivity (Wildman–Crippen MR) is 106 cm³/mol. The number of hydrogen-bond donors (Lipinski definition) is 1. The van der Waals surface area contributed by atoms with Crippen molar-refractivity contribution in [3.63, 3.8) is 0 Å². The lowest BCUT2D eigenvalue weighted by atomic mass is 10.2. The first-order valence-electron chi connectivity index (χ1n) is 9.59. The van der Waals surface area contributed by atoms with Gasteiger partial charge in [0.05, 0.1) is 18.1 Å². The van der Waals surface area contributed by atoms with E-state index >= 15 is 0 Å². The molecule has 0 bridgehead atoms. The highest BCUT2D eigenvalue weighted by molar-refractivity contribution is 5.80. The zero-order valence-electron chi connectivity index (χ0n) is 15.6. The number of nitrogens with one attached hydrogen (secondary N) is 1. The first-order valence-corrected chi connectivity index (χ1v) is 9.59. The van der Waals surface area contributed by atoms with Gasteiger partial charge < -0.3 is 14.6 Å². The van der Waals surface area contributed by atoms with Crippen molar-refractivity contribution in [1.29, 1.82) is 0 Å². The van der Waals surface area contributed by atoms with Crippen molar-refractivity contribution in [1.82, 2.24) is 14.9 Å². The average molecular weight is 363 g/mol. The van der Waals surface area contributed by atoms with Crippen LogP contribution in [0.25, 0.3) is 11.0 Å². The minimum atomic E-state index is 0.210. The second-order valence-corrected chi connectivity index (χ2v) is 7.12. The number of aryl methyl sites for hydroxylation is 1. The van der Waals surface area contributed by atoms with Gasteiger partial charge in [0.2, 0.25) is 5.91 Å². The Hall–Kier alpha value is -2.82. The third kappa shape index (κ3) is 4.13. The SMILES string of the molecule is COc1ccc(Cn2c(CCCNC(=O)C3CC3)nc3ccccc32)cc1. The van der Waals surface area contributed by atoms with Gasteiger partial charge in [0, 0.05) is 25.4 Å². The number of methoxy groups -OCH3 is 1. The summed E-state index contributed by atoms with van der Waals surface area (Å²) < 4.78 is 7.53. The van der Waals surface area contributed by atoms with Crippen molar-refractivity contribution in [2.75, 3.05) is 13.7 Å². The van der Waals surface area contributed by atoms with E-state index in [1.807, 2.05) is 24.3 Å². The van der Waals surface area contributed by atoms with E-state index in [4.69, 9.17) is 9.72 Å². The summed E-state index contributed by atoms with van der Waals surface area (Å²) in [5, 5.41) is 3.04. The van der Waals surface area contributed by atoms with Gasteiger partial charge in [-0.15, -0.1) is 0 Å². The fraction of sp³-hybridized carbons (Fsp3) is 0.364. The van der Waals surface area contributed by atoms with Gasteiger partial charge in [0.25, 0.3) is 0 Å². The van der Waals surface area contributed by atoms with E-state index in [1.54, 1.807) is 7.11 Å². The molecule has 4 rings (SSSR count). The van der Waals surface area contributed by atoms with Gasteiger partial charge in [0.1, 0.15) is 11.6 Å². The number of carbonyl (C=O) groups is 1. The fourth-order valence-corrected chi connectivity index (χ4v) is 3.35. The summed E-state index contributed by atoms with van der Waals surface area (Å²) in [6.45, 7) is 1.48. The van der Waals surface area contributed by atoms with Crippen LogP contribution in [0.2, 0.25) is 0 Å². The predicted octanol–water partition coefficient (Wildman–Crippen LogP) is 3.55. The zero-order valence-corrected chi connectivity index (χ0v) is 15.6. The molecule has 140 valence electrons. The molecule has 0 spiro atoms. The number of aromatic nitrogens is 2. The lowest BCUT2D eigenvalue weighted by Gasteiger charge is -2.10. The van der Waals surface area contributed by atoms with Crippen LogP contribution in [0.5, 0.6) is 5.75 Å². The van der Waals surface area contributed by atoms with Gasteiger partial charge in [-0.25, -0.2) is 4.98 Å². The summed E-state index contributed by atoms with van der Waals surface area (Å²) in [5.41, 5.74) is 3.37. The Kier molecular flexibility index (Phi) is 5.10. The van der Waals surface area contributed by atoms with Crippen molar-refractivity contribution in [2.45, 2.75) is 32.2 Å². The van der Waals surface area contributed by atoms with E-state index in [0.29, 0.717) is 6.54 Å². The Morgan fingerprint density at radius 1 is 1.19 bits per heavy atom. The maximum absolute atomic E-state index is 11.8. The standard InChI is InChI=1S/C22H25N3O2/c1-27-18-12-8-16(9-13-18)15-25-20-6-3-2-5-19(20)24-21(25)7-4-14-23-22(26)17-10-11-17/h2-3,5-6,8-9,12-13,17H,4,7,10-11,14-15H2,1H3,(H,23,26). The Morgan fingerprint density at radius 3 is 2.70 bits per heavy atom. The molecule has 0 radical (unpaired) electrons. The summed E-state index contributed by atoms with van der Waals surface area (Å²) in [5.74, 6) is 2.40. The van der Waals surface area contributed by atoms with Crippen molar-refractivity contribution in [2.24, 2.45) is 5.92 Å². The van der Waals surface area contributed by atoms with Crippen LogP contribution in [0.1, 0.15) is 30.7 Å². The molecule has 5 nitrogen and oxygen atoms in total. The zero-order chi connectivity index (χ0) is 18.6. The molecule has 1 saturated carbocycles. The smallest absolute Gasteiger partial charge is 0.223 e. The number of fused-ring (bicyclic) bond motifs is 1. The maximum Gasteiger partial charge on any atom is 0.223 e. The second kappa shape index (κ2) is 7.82. The summed E-state index contributed by atoms with van der Waals surface area (Å²) in [6, 6.07) is 16.4. The Bertz CT molecular complexity index is 926. The molecule has 0 unspecified atom stereocenters. The number of para-hydroxylation sites is 2. The second-order valence-electron chi connectivity index (χ2n) is 7.12. The van der Waals surface area contributed by atoms with Gasteiger partial charge in [-0.1, -0.05) is 24.3 Å². The summed E-state index contributed by atoms with van der Waals surface area (Å²) in [4.78, 5) is 16.6. The van der Waals surface area contributed by atoms with Gasteiger partial charge in [0.15, 0.2) is 0 Å². The molecule has 5 heteroatoms. The number of rotatable bonds is 8. The number of imidazole rings is 1. The average Bonchev–Trinajstić information content (AvgIpc) is 3.50. The summed E-state index contributed by atoms with van der Waals surface area (Å²) >= 11 is 0. The molecule has 0 atom stereocenters. The van der Waals surface area contributed by atoms with Crippen LogP contribution in [-0.2, 0) is 17.8 Å². The molecular formula is C22H25N3O2. The van der Waals surface area contributed by atoms with Crippen LogP contribution in [0.4, 0.5) is 0 Å². The van der Waals surface area contributed by atoms with Crippen LogP contribution in [0.3, 0.4) is 0 Å². The van der Waals surface area contributed by atoms with Crippen LogP contribution >= 0.6 is 0 Å². The van der Waals surface area contributed by atoms with Crippen LogP contribution in [-0.4, -0.2) is 29.1 Å². The molecule has 2 aromatic carbocycles. The number of ether oxygens (including phenoxy) is 1. The van der Waals surface area contributed by atoms with Crippen molar-refractivity contribution in [3.05, 3.63) is 59.9 Å². The highest BCUT2D eigenvalue weighted by Gasteiger charge is 2.29. The topological polar surface area (TPSA) is 56.1 Å². The number of hydrogen-bond acceptors (Lipinski definition) is 3. The Morgan fingerprint density at radius 2 is 1.96 bits per heavy atom. The normalized spacial score (nSPS) is 13.7. The van der Waals surface area contributed by atoms with Crippen molar-refractivity contribution in [3.8, 4) is 5.75 Å². The quantitative estimate of drug-likeness (QED) is 0.623. The third-order valence-corrected chi connectivity index (χ3v) is 5.06. The van der Waals surface area contributed by atoms with Gasteiger partial charge in [-0.2, -0.15) is 0 Å². The molecule has 27 heavy (non-hydrogen) atoms. The van der Waals surface area contributed by atoms with E-state index in [9.17, 15) is 4.79 Å². The largest absolute Gasteiger partial charge is 0.497 e. The van der Waals surface area contributed by atoms with E-state index < -0.39 is 0 Å². The Labute approximate surface area is 159 Å². The van der Waals surface area contributed by atoms with Gasteiger partial charge in [-0.3, -0.25) is 4.79 Å². The monoisotopic (exact) mass is 363 g/mol. The molecule has 0 saturated heterocycles. The molecular weight excluding hydrogens is 338 g/mol. The molecule has 0 aliphatic heterocycles. The van der Waals surface area contributed by atoms with E-state index in [-0.39, 0.29) is 11.8 Å². The number of nitrogens with zero attached hydrogens (tertiary/aromatic N) is 2. The lowest BCUT2D eigenvalue weighted by molar-refractivity contribution is -0.122. The molecule has 1 amide bonds. The Balaban J connectivity index is 1.48. The molecule has 1 N–H and O–H groups in total. The minimum absolute atomic E-state index is 0.210. The van der Waals surface area contributed by atoms with Crippen molar-refractivity contribution < 1.29 is 9.53 Å². The maximum atomic E-state index is 11.8. The molecule has 1 heterocycles. The molecule has 1 aliphatic rings. The number of amides is 1. The fourth-order valence-electron chi connectivity index (χ4n) is 3.35. The minimum Gasteiger partial charge on any atom is -0.497 e. The molecule has 3 aromatic rings. The van der Waals surface area contributed by atoms with Gasteiger partial charge >= 0.3 is 0 Å². The summed E-state index contributed by atoms with van der Waals surface area (Å²) in [6.07, 6.45) is 3.83. The van der Waals surface area contributed by atoms with Crippen LogP contribution < -0.4 is 10.1 Å². The first kappa shape index (κ1) is 17.6. The molecule has 1 aliphatic carbocycles. The van der Waals surface area contributed by atoms with E-state index in [1.165, 1.54) is 5.56 Å². The van der Waals surface area contributed by atoms with E-state index in [0.717, 1.165) is 54.8 Å².